The Morgan fingerprint density at radius 3 is 2.43 bits per heavy atom. The van der Waals surface area contributed by atoms with E-state index >= 15 is 0 Å². The summed E-state index contributed by atoms with van der Waals surface area (Å²) in [7, 11) is 0. The van der Waals surface area contributed by atoms with Crippen molar-refractivity contribution in [1.29, 1.82) is 10.5 Å². The highest BCUT2D eigenvalue weighted by Gasteiger charge is 2.15. The largest absolute Gasteiger partial charge is 0.396 e. The molecule has 0 atom stereocenters. The first-order chi connectivity index (χ1) is 6.60. The molecule has 4 nitrogen and oxygen atoms in total. The first kappa shape index (κ1) is 10.4. The number of rotatable bonds is 2. The lowest BCUT2D eigenvalue weighted by Gasteiger charge is -2.06. The quantitative estimate of drug-likeness (QED) is 0.773. The Kier molecular flexibility index (Phi) is 2.95. The van der Waals surface area contributed by atoms with Crippen LogP contribution in [0.2, 0.25) is 0 Å². The van der Waals surface area contributed by atoms with Gasteiger partial charge in [0.25, 0.3) is 0 Å². The minimum atomic E-state index is 0.215. The number of nitriles is 2. The van der Waals surface area contributed by atoms with Gasteiger partial charge in [-0.2, -0.15) is 10.5 Å². The number of anilines is 2. The Hall–Kier alpha value is -1.72. The highest BCUT2D eigenvalue weighted by molar-refractivity contribution is 7.17. The summed E-state index contributed by atoms with van der Waals surface area (Å²) in [6.45, 7) is 3.92. The Labute approximate surface area is 86.6 Å². The van der Waals surface area contributed by atoms with E-state index in [4.69, 9.17) is 16.3 Å². The topological polar surface area (TPSA) is 85.6 Å². The van der Waals surface area contributed by atoms with Gasteiger partial charge in [-0.25, -0.2) is 0 Å². The normalized spacial score (nSPS) is 9.50. The fourth-order valence-corrected chi connectivity index (χ4v) is 2.02. The molecule has 0 aliphatic heterocycles. The van der Waals surface area contributed by atoms with Crippen molar-refractivity contribution in [2.45, 2.75) is 19.9 Å². The number of nitrogens with zero attached hydrogens (tertiary/aromatic N) is 2. The molecule has 0 saturated carbocycles. The zero-order valence-electron chi connectivity index (χ0n) is 7.96. The molecule has 0 bridgehead atoms. The molecule has 0 fully saturated rings. The number of nitrogen functional groups attached to an aromatic ring is 1. The molecule has 0 amide bonds. The van der Waals surface area contributed by atoms with Crippen molar-refractivity contribution in [3.05, 3.63) is 10.4 Å². The molecule has 0 radical (unpaired) electrons. The van der Waals surface area contributed by atoms with Crippen LogP contribution in [0.25, 0.3) is 0 Å². The van der Waals surface area contributed by atoms with Gasteiger partial charge in [-0.3, -0.25) is 0 Å². The molecule has 72 valence electrons. The molecule has 0 saturated heterocycles. The molecule has 0 aromatic carbocycles. The Balaban J connectivity index is 3.19. The molecule has 3 N–H and O–H groups in total. The van der Waals surface area contributed by atoms with Gasteiger partial charge < -0.3 is 11.1 Å². The number of nitrogens with two attached hydrogens (primary N) is 1. The van der Waals surface area contributed by atoms with Gasteiger partial charge in [0, 0.05) is 6.04 Å². The maximum absolute atomic E-state index is 8.85. The average molecular weight is 206 g/mol. The van der Waals surface area contributed by atoms with Gasteiger partial charge in [-0.05, 0) is 13.8 Å². The van der Waals surface area contributed by atoms with Crippen LogP contribution in [0.15, 0.2) is 0 Å². The van der Waals surface area contributed by atoms with Gasteiger partial charge in [0.2, 0.25) is 0 Å². The highest BCUT2D eigenvalue weighted by Crippen LogP contribution is 2.34. The molecular weight excluding hydrogens is 196 g/mol. The van der Waals surface area contributed by atoms with Crippen molar-refractivity contribution >= 4 is 22.0 Å². The van der Waals surface area contributed by atoms with E-state index in [0.29, 0.717) is 15.4 Å². The van der Waals surface area contributed by atoms with Crippen molar-refractivity contribution in [3.63, 3.8) is 0 Å². The van der Waals surface area contributed by atoms with Crippen molar-refractivity contribution in [3.8, 4) is 12.1 Å². The zero-order chi connectivity index (χ0) is 10.7. The molecule has 0 aliphatic rings. The van der Waals surface area contributed by atoms with Crippen molar-refractivity contribution in [2.75, 3.05) is 11.1 Å². The van der Waals surface area contributed by atoms with Gasteiger partial charge in [0.1, 0.15) is 27.6 Å². The SMILES string of the molecule is CC(C)Nc1sc(C#N)c(N)c1C#N. The summed E-state index contributed by atoms with van der Waals surface area (Å²) in [5.74, 6) is 0. The van der Waals surface area contributed by atoms with Gasteiger partial charge in [0.15, 0.2) is 0 Å². The van der Waals surface area contributed by atoms with Crippen molar-refractivity contribution in [2.24, 2.45) is 0 Å². The van der Waals surface area contributed by atoms with E-state index < -0.39 is 0 Å². The molecular formula is C9H10N4S. The van der Waals surface area contributed by atoms with E-state index in [9.17, 15) is 0 Å². The fraction of sp³-hybridized carbons (Fsp3) is 0.333. The number of thiophene rings is 1. The van der Waals surface area contributed by atoms with Gasteiger partial charge in [0.05, 0.1) is 5.69 Å². The summed E-state index contributed by atoms with van der Waals surface area (Å²) in [6.07, 6.45) is 0. The maximum atomic E-state index is 8.85. The van der Waals surface area contributed by atoms with E-state index in [1.807, 2.05) is 26.0 Å². The lowest BCUT2D eigenvalue weighted by molar-refractivity contribution is 0.904. The third-order valence-corrected chi connectivity index (χ3v) is 2.62. The summed E-state index contributed by atoms with van der Waals surface area (Å²) in [5, 5.41) is 21.3. The standard InChI is InChI=1S/C9H10N4S/c1-5(2)13-9-6(3-10)8(12)7(4-11)14-9/h5,13H,12H2,1-2H3. The Bertz CT molecular complexity index is 419. The lowest BCUT2D eigenvalue weighted by atomic mass is 10.2. The predicted molar refractivity (Wildman–Crippen MR) is 56.9 cm³/mol. The third kappa shape index (κ3) is 1.78. The van der Waals surface area contributed by atoms with Crippen LogP contribution < -0.4 is 11.1 Å². The second-order valence-electron chi connectivity index (χ2n) is 3.07. The van der Waals surface area contributed by atoms with E-state index in [1.165, 1.54) is 11.3 Å². The molecule has 1 aromatic rings. The second-order valence-corrected chi connectivity index (χ2v) is 4.09. The monoisotopic (exact) mass is 206 g/mol. The molecule has 0 spiro atoms. The lowest BCUT2D eigenvalue weighted by Crippen LogP contribution is -2.09. The van der Waals surface area contributed by atoms with Gasteiger partial charge in [-0.15, -0.1) is 11.3 Å². The molecule has 1 rings (SSSR count). The predicted octanol–water partition coefficient (Wildman–Crippen LogP) is 1.89. The highest BCUT2D eigenvalue weighted by atomic mass is 32.1. The number of hydrogen-bond donors (Lipinski definition) is 2. The van der Waals surface area contributed by atoms with E-state index in [0.717, 1.165) is 0 Å². The molecule has 1 heterocycles. The zero-order valence-corrected chi connectivity index (χ0v) is 8.77. The minimum Gasteiger partial charge on any atom is -0.396 e. The summed E-state index contributed by atoms with van der Waals surface area (Å²) >= 11 is 1.22. The van der Waals surface area contributed by atoms with Crippen LogP contribution in [-0.2, 0) is 0 Å². The van der Waals surface area contributed by atoms with Gasteiger partial charge >= 0.3 is 0 Å². The number of nitrogens with one attached hydrogen (secondary N) is 1. The van der Waals surface area contributed by atoms with E-state index in [2.05, 4.69) is 5.32 Å². The molecule has 1 aromatic heterocycles. The van der Waals surface area contributed by atoms with Gasteiger partial charge in [-0.1, -0.05) is 0 Å². The van der Waals surface area contributed by atoms with Crippen LogP contribution >= 0.6 is 11.3 Å². The minimum absolute atomic E-state index is 0.215. The molecule has 5 heteroatoms. The van der Waals surface area contributed by atoms with Crippen LogP contribution in [0.5, 0.6) is 0 Å². The molecule has 0 unspecified atom stereocenters. The fourth-order valence-electron chi connectivity index (χ4n) is 1.00. The van der Waals surface area contributed by atoms with Crippen LogP contribution in [0.3, 0.4) is 0 Å². The van der Waals surface area contributed by atoms with Crippen LogP contribution in [0, 0.1) is 22.7 Å². The Morgan fingerprint density at radius 1 is 1.36 bits per heavy atom. The summed E-state index contributed by atoms with van der Waals surface area (Å²) < 4.78 is 0. The van der Waals surface area contributed by atoms with E-state index in [1.54, 1.807) is 0 Å². The molecule has 14 heavy (non-hydrogen) atoms. The molecule has 0 aliphatic carbocycles. The maximum Gasteiger partial charge on any atom is 0.131 e. The van der Waals surface area contributed by atoms with Crippen LogP contribution in [0.4, 0.5) is 10.7 Å². The average Bonchev–Trinajstić information content (AvgIpc) is 2.41. The van der Waals surface area contributed by atoms with Crippen LogP contribution in [-0.4, -0.2) is 6.04 Å². The first-order valence-electron chi connectivity index (χ1n) is 4.09. The van der Waals surface area contributed by atoms with E-state index in [-0.39, 0.29) is 11.7 Å². The first-order valence-corrected chi connectivity index (χ1v) is 4.90. The third-order valence-electron chi connectivity index (χ3n) is 1.58. The number of hydrogen-bond acceptors (Lipinski definition) is 5. The second kappa shape index (κ2) is 3.99. The summed E-state index contributed by atoms with van der Waals surface area (Å²) in [6, 6.07) is 4.18. The summed E-state index contributed by atoms with van der Waals surface area (Å²) in [5.41, 5.74) is 6.28. The smallest absolute Gasteiger partial charge is 0.131 e. The van der Waals surface area contributed by atoms with Crippen molar-refractivity contribution in [1.82, 2.24) is 0 Å². The summed E-state index contributed by atoms with van der Waals surface area (Å²) in [4.78, 5) is 0.393. The Morgan fingerprint density at radius 2 is 2.00 bits per heavy atom. The van der Waals surface area contributed by atoms with Crippen molar-refractivity contribution < 1.29 is 0 Å². The van der Waals surface area contributed by atoms with Crippen LogP contribution in [0.1, 0.15) is 24.3 Å².